The summed E-state index contributed by atoms with van der Waals surface area (Å²) in [5, 5.41) is 13.1. The van der Waals surface area contributed by atoms with Crippen molar-refractivity contribution in [2.24, 2.45) is 5.73 Å². The van der Waals surface area contributed by atoms with Gasteiger partial charge in [-0.3, -0.25) is 19.8 Å². The van der Waals surface area contributed by atoms with Crippen LogP contribution in [0.2, 0.25) is 0 Å². The van der Waals surface area contributed by atoms with E-state index in [1.807, 2.05) is 30.3 Å². The normalized spacial score (nSPS) is 17.7. The summed E-state index contributed by atoms with van der Waals surface area (Å²) in [6, 6.07) is 18.6. The molecular weight excluding hydrogens is 546 g/mol. The first-order valence-electron chi connectivity index (χ1n) is 13.2. The van der Waals surface area contributed by atoms with Gasteiger partial charge < -0.3 is 35.5 Å². The average Bonchev–Trinajstić information content (AvgIpc) is 3.61. The molecule has 2 aliphatic heterocycles. The fourth-order valence-electron chi connectivity index (χ4n) is 4.73. The summed E-state index contributed by atoms with van der Waals surface area (Å²) < 4.78 is 17.6. The molecule has 12 heteroatoms. The number of nitrogens with one attached hydrogen (secondary N) is 3. The zero-order valence-corrected chi connectivity index (χ0v) is 23.1. The van der Waals surface area contributed by atoms with Crippen molar-refractivity contribution in [3.8, 4) is 11.5 Å². The number of likely N-dealkylation sites (tertiary alicyclic amines) is 1. The Morgan fingerprint density at radius 1 is 1.00 bits per heavy atom. The molecule has 0 aliphatic carbocycles. The third-order valence-corrected chi connectivity index (χ3v) is 7.91. The number of rotatable bonds is 9. The number of hydrogen-bond donors (Lipinski definition) is 4. The second-order valence-corrected chi connectivity index (χ2v) is 10.9. The van der Waals surface area contributed by atoms with Gasteiger partial charge >= 0.3 is 0 Å². The van der Waals surface area contributed by atoms with Gasteiger partial charge in [-0.15, -0.1) is 11.3 Å². The van der Waals surface area contributed by atoms with Crippen LogP contribution in [0.1, 0.15) is 33.0 Å². The molecule has 5 N–H and O–H groups in total. The van der Waals surface area contributed by atoms with Gasteiger partial charge in [0.25, 0.3) is 5.91 Å². The Bertz CT molecular complexity index is 1400. The molecule has 214 valence electrons. The van der Waals surface area contributed by atoms with Crippen LogP contribution in [0.5, 0.6) is 11.5 Å². The van der Waals surface area contributed by atoms with Crippen LogP contribution in [-0.4, -0.2) is 66.6 Å². The molecule has 0 saturated carbocycles. The second-order valence-electron chi connectivity index (χ2n) is 9.72. The minimum absolute atomic E-state index is 0.0350. The van der Waals surface area contributed by atoms with E-state index in [2.05, 4.69) is 10.6 Å². The first-order chi connectivity index (χ1) is 19.8. The molecule has 3 heterocycles. The van der Waals surface area contributed by atoms with Crippen LogP contribution >= 0.6 is 11.3 Å². The topological polar surface area (TPSA) is 156 Å². The Morgan fingerprint density at radius 3 is 2.39 bits per heavy atom. The summed E-state index contributed by atoms with van der Waals surface area (Å²) in [7, 11) is 0. The molecule has 11 nitrogen and oxygen atoms in total. The van der Waals surface area contributed by atoms with Gasteiger partial charge in [0, 0.05) is 16.9 Å². The highest BCUT2D eigenvalue weighted by Crippen LogP contribution is 2.34. The molecule has 41 heavy (non-hydrogen) atoms. The summed E-state index contributed by atoms with van der Waals surface area (Å²) in [5.41, 5.74) is 5.90. The Kier molecular flexibility index (Phi) is 8.62. The molecule has 2 saturated heterocycles. The van der Waals surface area contributed by atoms with Crippen molar-refractivity contribution < 1.29 is 28.6 Å². The van der Waals surface area contributed by atoms with E-state index in [9.17, 15) is 14.4 Å². The number of amides is 3. The minimum Gasteiger partial charge on any atom is -0.457 e. The highest BCUT2D eigenvalue weighted by Gasteiger charge is 2.51. The van der Waals surface area contributed by atoms with E-state index in [-0.39, 0.29) is 37.8 Å². The van der Waals surface area contributed by atoms with E-state index in [1.54, 1.807) is 36.4 Å². The predicted molar refractivity (Wildman–Crippen MR) is 152 cm³/mol. The number of nitrogen functional groups attached to an aromatic ring is 1. The molecule has 2 fully saturated rings. The third-order valence-electron chi connectivity index (χ3n) is 6.79. The van der Waals surface area contributed by atoms with Gasteiger partial charge in [-0.2, -0.15) is 0 Å². The van der Waals surface area contributed by atoms with Gasteiger partial charge in [-0.25, -0.2) is 0 Å². The molecule has 5 rings (SSSR count). The van der Waals surface area contributed by atoms with Crippen LogP contribution in [0.15, 0.2) is 66.7 Å². The summed E-state index contributed by atoms with van der Waals surface area (Å²) in [4.78, 5) is 42.2. The lowest BCUT2D eigenvalue weighted by Gasteiger charge is -2.33. The first kappa shape index (κ1) is 28.3. The largest absolute Gasteiger partial charge is 0.457 e. The summed E-state index contributed by atoms with van der Waals surface area (Å²) >= 11 is 1.31. The van der Waals surface area contributed by atoms with Crippen molar-refractivity contribution in [3.63, 3.8) is 0 Å². The van der Waals surface area contributed by atoms with Crippen molar-refractivity contribution in [1.82, 2.24) is 15.5 Å². The van der Waals surface area contributed by atoms with Gasteiger partial charge in [-0.1, -0.05) is 18.2 Å². The highest BCUT2D eigenvalue weighted by atomic mass is 32.1. The van der Waals surface area contributed by atoms with Crippen LogP contribution in [0, 0.1) is 5.41 Å². The lowest BCUT2D eigenvalue weighted by molar-refractivity contribution is -0.257. The monoisotopic (exact) mass is 577 g/mol. The smallest absolute Gasteiger partial charge is 0.251 e. The zero-order valence-electron chi connectivity index (χ0n) is 22.3. The Hall–Kier alpha value is -4.26. The van der Waals surface area contributed by atoms with Crippen molar-refractivity contribution in [2.45, 2.75) is 31.2 Å². The number of nitrogens with zero attached hydrogens (tertiary/aromatic N) is 1. The zero-order chi connectivity index (χ0) is 28.8. The summed E-state index contributed by atoms with van der Waals surface area (Å²) in [6.07, 6.45) is 0.916. The van der Waals surface area contributed by atoms with Crippen LogP contribution in [0.25, 0.3) is 0 Å². The van der Waals surface area contributed by atoms with E-state index in [1.165, 1.54) is 16.2 Å². The van der Waals surface area contributed by atoms with Crippen LogP contribution in [0.4, 0.5) is 0 Å². The van der Waals surface area contributed by atoms with Gasteiger partial charge in [0.05, 0.1) is 37.7 Å². The number of amidine groups is 1. The number of ether oxygens (including phenoxy) is 3. The Labute approximate surface area is 241 Å². The van der Waals surface area contributed by atoms with Crippen molar-refractivity contribution >= 4 is 34.9 Å². The Morgan fingerprint density at radius 2 is 1.71 bits per heavy atom. The second kappa shape index (κ2) is 12.5. The first-order valence-corrected chi connectivity index (χ1v) is 14.0. The lowest BCUT2D eigenvalue weighted by Crippen LogP contribution is -2.49. The third kappa shape index (κ3) is 6.91. The van der Waals surface area contributed by atoms with E-state index >= 15 is 0 Å². The van der Waals surface area contributed by atoms with Gasteiger partial charge in [0.15, 0.2) is 5.79 Å². The van der Waals surface area contributed by atoms with Gasteiger partial charge in [-0.05, 0) is 55.0 Å². The predicted octanol–water partition coefficient (Wildman–Crippen LogP) is 2.60. The minimum atomic E-state index is -1.06. The number of para-hydroxylation sites is 1. The molecule has 1 aromatic heterocycles. The number of hydrogen-bond acceptors (Lipinski definition) is 8. The molecule has 1 atom stereocenters. The van der Waals surface area contributed by atoms with Gasteiger partial charge in [0.1, 0.15) is 23.4 Å². The molecule has 3 amide bonds. The fourth-order valence-corrected chi connectivity index (χ4v) is 5.54. The number of thiophene rings is 1. The Balaban J connectivity index is 1.20. The van der Waals surface area contributed by atoms with E-state index in [0.717, 1.165) is 11.3 Å². The van der Waals surface area contributed by atoms with E-state index < -0.39 is 23.6 Å². The molecule has 0 unspecified atom stereocenters. The highest BCUT2D eigenvalue weighted by molar-refractivity contribution is 7.14. The SMILES string of the molecule is N=C(N)c1ccc(CNC(=O)[C@@H]2CC3(CN2C(=O)CNC(=O)c2ccc(Oc4ccccc4)cc2)OCCCO3)s1. The molecular formula is C29H31N5O6S. The van der Waals surface area contributed by atoms with Crippen LogP contribution in [-0.2, 0) is 25.6 Å². The lowest BCUT2D eigenvalue weighted by atomic mass is 10.1. The molecule has 2 aliphatic rings. The molecule has 0 bridgehead atoms. The maximum atomic E-state index is 13.3. The van der Waals surface area contributed by atoms with Crippen LogP contribution in [0.3, 0.4) is 0 Å². The van der Waals surface area contributed by atoms with E-state index in [4.69, 9.17) is 25.4 Å². The quantitative estimate of drug-likeness (QED) is 0.225. The number of benzene rings is 2. The molecule has 0 radical (unpaired) electrons. The number of carbonyl (C=O) groups is 3. The maximum Gasteiger partial charge on any atom is 0.251 e. The van der Waals surface area contributed by atoms with E-state index in [0.29, 0.717) is 35.2 Å². The number of carbonyl (C=O) groups excluding carboxylic acids is 3. The van der Waals surface area contributed by atoms with Crippen molar-refractivity contribution in [2.75, 3.05) is 26.3 Å². The summed E-state index contributed by atoms with van der Waals surface area (Å²) in [5.74, 6) is -1.04. The maximum absolute atomic E-state index is 13.3. The van der Waals surface area contributed by atoms with Crippen LogP contribution < -0.4 is 21.1 Å². The molecule has 1 spiro atoms. The van der Waals surface area contributed by atoms with Crippen molar-refractivity contribution in [3.05, 3.63) is 82.0 Å². The fraction of sp³-hybridized carbons (Fsp3) is 0.310. The average molecular weight is 578 g/mol. The van der Waals surface area contributed by atoms with Gasteiger partial charge in [0.2, 0.25) is 11.8 Å². The standard InChI is InChI=1S/C29H31N5O6S/c30-26(31)24-12-11-22(41-24)16-32-28(37)23-15-29(38-13-4-14-39-29)18-34(23)25(35)17-33-27(36)19-7-9-21(10-8-19)40-20-5-2-1-3-6-20/h1-3,5-12,23H,4,13-18H2,(H3,30,31)(H,32,37)(H,33,36)/t23-/m0/s1. The van der Waals surface area contributed by atoms with Crippen molar-refractivity contribution in [1.29, 1.82) is 5.41 Å². The molecule has 3 aromatic rings. The number of nitrogens with two attached hydrogens (primary N) is 1. The summed E-state index contributed by atoms with van der Waals surface area (Å²) in [6.45, 7) is 0.956. The molecule has 2 aromatic carbocycles.